The van der Waals surface area contributed by atoms with Crippen molar-refractivity contribution in [2.24, 2.45) is 0 Å². The van der Waals surface area contributed by atoms with Crippen molar-refractivity contribution < 1.29 is 14.3 Å². The molecule has 1 heterocycles. The molecule has 0 fully saturated rings. The maximum atomic E-state index is 12.1. The van der Waals surface area contributed by atoms with E-state index >= 15 is 0 Å². The fourth-order valence-corrected chi connectivity index (χ4v) is 3.32. The number of fused-ring (bicyclic) bond motifs is 3. The van der Waals surface area contributed by atoms with Crippen LogP contribution in [-0.4, -0.2) is 29.5 Å². The molecular formula is C19H19BrN2O3. The first-order valence-corrected chi connectivity index (χ1v) is 8.91. The predicted octanol–water partition coefficient (Wildman–Crippen LogP) is 3.69. The first-order valence-electron chi connectivity index (χ1n) is 8.11. The van der Waals surface area contributed by atoms with Gasteiger partial charge in [-0.3, -0.25) is 4.79 Å². The molecule has 5 nitrogen and oxygen atoms in total. The molecule has 1 aromatic heterocycles. The van der Waals surface area contributed by atoms with Crippen molar-refractivity contribution in [2.75, 3.05) is 6.61 Å². The normalized spacial score (nSPS) is 12.3. The fourth-order valence-electron chi connectivity index (χ4n) is 2.96. The number of carbonyl (C=O) groups is 2. The minimum Gasteiger partial charge on any atom is -0.464 e. The summed E-state index contributed by atoms with van der Waals surface area (Å²) in [6.45, 7) is 3.43. The number of aromatic nitrogens is 1. The van der Waals surface area contributed by atoms with E-state index in [9.17, 15) is 9.59 Å². The Balaban J connectivity index is 1.96. The van der Waals surface area contributed by atoms with Gasteiger partial charge in [-0.25, -0.2) is 4.79 Å². The first kappa shape index (κ1) is 17.5. The van der Waals surface area contributed by atoms with E-state index in [4.69, 9.17) is 4.74 Å². The Labute approximate surface area is 153 Å². The van der Waals surface area contributed by atoms with Gasteiger partial charge in [-0.1, -0.05) is 22.0 Å². The average molecular weight is 403 g/mol. The number of hydrogen-bond donors (Lipinski definition) is 2. The van der Waals surface area contributed by atoms with E-state index in [1.54, 1.807) is 6.92 Å². The monoisotopic (exact) mass is 402 g/mol. The maximum Gasteiger partial charge on any atom is 0.328 e. The van der Waals surface area contributed by atoms with E-state index in [1.807, 2.05) is 24.3 Å². The zero-order valence-electron chi connectivity index (χ0n) is 14.1. The summed E-state index contributed by atoms with van der Waals surface area (Å²) in [5.41, 5.74) is 3.04. The van der Waals surface area contributed by atoms with Crippen molar-refractivity contribution in [1.82, 2.24) is 10.3 Å². The van der Waals surface area contributed by atoms with Crippen molar-refractivity contribution in [3.63, 3.8) is 0 Å². The summed E-state index contributed by atoms with van der Waals surface area (Å²) in [7, 11) is 0. The van der Waals surface area contributed by atoms with Gasteiger partial charge in [-0.15, -0.1) is 0 Å². The van der Waals surface area contributed by atoms with Gasteiger partial charge in [0.05, 0.1) is 6.61 Å². The molecule has 0 saturated carbocycles. The number of ether oxygens (including phenoxy) is 1. The lowest BCUT2D eigenvalue weighted by Gasteiger charge is -2.16. The number of H-pyrrole nitrogens is 1. The Hall–Kier alpha value is -2.34. The number of carbonyl (C=O) groups excluding carboxylic acids is 2. The largest absolute Gasteiger partial charge is 0.464 e. The molecule has 0 aliphatic carbocycles. The van der Waals surface area contributed by atoms with E-state index in [1.165, 1.54) is 6.92 Å². The second-order valence-corrected chi connectivity index (χ2v) is 6.82. The van der Waals surface area contributed by atoms with Crippen LogP contribution in [0.4, 0.5) is 0 Å². The number of halogens is 1. The molecule has 0 bridgehead atoms. The highest BCUT2D eigenvalue weighted by atomic mass is 79.9. The minimum absolute atomic E-state index is 0.254. The molecular weight excluding hydrogens is 384 g/mol. The lowest BCUT2D eigenvalue weighted by molar-refractivity contribution is -0.147. The highest BCUT2D eigenvalue weighted by Crippen LogP contribution is 2.29. The molecule has 25 heavy (non-hydrogen) atoms. The zero-order chi connectivity index (χ0) is 18.0. The Bertz CT molecular complexity index is 948. The van der Waals surface area contributed by atoms with E-state index in [0.29, 0.717) is 6.42 Å². The Morgan fingerprint density at radius 1 is 1.16 bits per heavy atom. The molecule has 0 saturated heterocycles. The fraction of sp³-hybridized carbons (Fsp3) is 0.263. The number of amides is 1. The van der Waals surface area contributed by atoms with Gasteiger partial charge >= 0.3 is 5.97 Å². The molecule has 1 amide bonds. The van der Waals surface area contributed by atoms with Gasteiger partial charge in [0.1, 0.15) is 6.04 Å². The van der Waals surface area contributed by atoms with Crippen molar-refractivity contribution >= 4 is 49.6 Å². The van der Waals surface area contributed by atoms with Crippen LogP contribution in [0.2, 0.25) is 0 Å². The summed E-state index contributed by atoms with van der Waals surface area (Å²) in [6.07, 6.45) is 0.384. The summed E-state index contributed by atoms with van der Waals surface area (Å²) in [4.78, 5) is 26.9. The summed E-state index contributed by atoms with van der Waals surface area (Å²) in [5.74, 6) is -0.672. The van der Waals surface area contributed by atoms with Crippen LogP contribution in [0.25, 0.3) is 21.8 Å². The molecule has 1 atom stereocenters. The van der Waals surface area contributed by atoms with Crippen molar-refractivity contribution in [1.29, 1.82) is 0 Å². The molecule has 0 spiro atoms. The number of rotatable bonds is 5. The van der Waals surface area contributed by atoms with Gasteiger partial charge in [0.15, 0.2) is 0 Å². The second-order valence-electron chi connectivity index (χ2n) is 5.90. The molecule has 0 aliphatic heterocycles. The Morgan fingerprint density at radius 2 is 1.84 bits per heavy atom. The topological polar surface area (TPSA) is 71.2 Å². The van der Waals surface area contributed by atoms with E-state index in [-0.39, 0.29) is 12.5 Å². The highest BCUT2D eigenvalue weighted by Gasteiger charge is 2.21. The van der Waals surface area contributed by atoms with Crippen LogP contribution in [0.1, 0.15) is 19.4 Å². The average Bonchev–Trinajstić information content (AvgIpc) is 2.91. The number of esters is 1. The van der Waals surface area contributed by atoms with E-state index in [0.717, 1.165) is 31.8 Å². The molecule has 0 aliphatic rings. The lowest BCUT2D eigenvalue weighted by Crippen LogP contribution is -2.42. The molecule has 130 valence electrons. The van der Waals surface area contributed by atoms with Crippen LogP contribution in [0, 0.1) is 0 Å². The van der Waals surface area contributed by atoms with E-state index in [2.05, 4.69) is 38.4 Å². The van der Waals surface area contributed by atoms with Crippen LogP contribution in [0.3, 0.4) is 0 Å². The first-order chi connectivity index (χ1) is 12.0. The SMILES string of the molecule is CCOC(=O)C(Cc1ccc2[nH]c3ccc(Br)cc3c2c1)NC(C)=O. The smallest absolute Gasteiger partial charge is 0.328 e. The van der Waals surface area contributed by atoms with Crippen LogP contribution in [-0.2, 0) is 20.7 Å². The third-order valence-corrected chi connectivity index (χ3v) is 4.51. The summed E-state index contributed by atoms with van der Waals surface area (Å²) in [5, 5.41) is 4.86. The highest BCUT2D eigenvalue weighted by molar-refractivity contribution is 9.10. The molecule has 0 radical (unpaired) electrons. The quantitative estimate of drug-likeness (QED) is 0.639. The van der Waals surface area contributed by atoms with Crippen molar-refractivity contribution in [3.05, 3.63) is 46.4 Å². The molecule has 1 unspecified atom stereocenters. The molecule has 6 heteroatoms. The maximum absolute atomic E-state index is 12.1. The standard InChI is InChI=1S/C19H19BrN2O3/c1-3-25-19(24)18(21-11(2)23)9-12-4-6-16-14(8-12)15-10-13(20)5-7-17(15)22-16/h4-8,10,18,22H,3,9H2,1-2H3,(H,21,23). The van der Waals surface area contributed by atoms with Gasteiger partial charge in [0, 0.05) is 39.6 Å². The molecule has 3 rings (SSSR count). The Morgan fingerprint density at radius 3 is 2.52 bits per heavy atom. The summed E-state index contributed by atoms with van der Waals surface area (Å²) >= 11 is 3.50. The number of aromatic amines is 1. The van der Waals surface area contributed by atoms with Crippen molar-refractivity contribution in [3.8, 4) is 0 Å². The van der Waals surface area contributed by atoms with Crippen LogP contribution in [0.15, 0.2) is 40.9 Å². The lowest BCUT2D eigenvalue weighted by atomic mass is 10.0. The summed E-state index contributed by atoms with van der Waals surface area (Å²) in [6, 6.07) is 11.4. The van der Waals surface area contributed by atoms with Crippen LogP contribution in [0.5, 0.6) is 0 Å². The third kappa shape index (κ3) is 3.85. The minimum atomic E-state index is -0.688. The number of benzene rings is 2. The van der Waals surface area contributed by atoms with Crippen LogP contribution < -0.4 is 5.32 Å². The van der Waals surface area contributed by atoms with E-state index < -0.39 is 12.0 Å². The van der Waals surface area contributed by atoms with Gasteiger partial charge < -0.3 is 15.0 Å². The van der Waals surface area contributed by atoms with Gasteiger partial charge in [-0.2, -0.15) is 0 Å². The Kier molecular flexibility index (Phi) is 5.08. The second kappa shape index (κ2) is 7.27. The summed E-state index contributed by atoms with van der Waals surface area (Å²) < 4.78 is 6.08. The number of nitrogens with one attached hydrogen (secondary N) is 2. The third-order valence-electron chi connectivity index (χ3n) is 4.01. The molecule has 2 N–H and O–H groups in total. The predicted molar refractivity (Wildman–Crippen MR) is 101 cm³/mol. The molecule has 2 aromatic carbocycles. The van der Waals surface area contributed by atoms with Crippen LogP contribution >= 0.6 is 15.9 Å². The zero-order valence-corrected chi connectivity index (χ0v) is 15.6. The van der Waals surface area contributed by atoms with Gasteiger partial charge in [-0.05, 0) is 42.8 Å². The van der Waals surface area contributed by atoms with Crippen molar-refractivity contribution in [2.45, 2.75) is 26.3 Å². The van der Waals surface area contributed by atoms with Gasteiger partial charge in [0.2, 0.25) is 5.91 Å². The number of hydrogen-bond acceptors (Lipinski definition) is 3. The molecule has 3 aromatic rings. The van der Waals surface area contributed by atoms with Gasteiger partial charge in [0.25, 0.3) is 0 Å².